The quantitative estimate of drug-likeness (QED) is 0.646. The third kappa shape index (κ3) is 3.49. The van der Waals surface area contributed by atoms with Gasteiger partial charge in [-0.05, 0) is 25.5 Å². The van der Waals surface area contributed by atoms with E-state index in [1.807, 2.05) is 38.1 Å². The third-order valence-corrected chi connectivity index (χ3v) is 3.03. The van der Waals surface area contributed by atoms with Gasteiger partial charge in [-0.25, -0.2) is 4.99 Å². The Hall–Kier alpha value is -2.70. The highest BCUT2D eigenvalue weighted by Crippen LogP contribution is 2.21. The van der Waals surface area contributed by atoms with Crippen LogP contribution in [0.1, 0.15) is 32.3 Å². The van der Waals surface area contributed by atoms with E-state index < -0.39 is 4.92 Å². The van der Waals surface area contributed by atoms with E-state index in [0.29, 0.717) is 31.0 Å². The van der Waals surface area contributed by atoms with Crippen LogP contribution < -0.4 is 10.2 Å². The standard InChI is InChI=1S/C15H18N4O3/c1-3-7-13(19(20)21)12-10-16-18-15(17-12)11-8-5-6-9-14(11)22-4-2/h5-6,8-10H,3-4,7H2,1-2H3,(H,17,18)/b13-12-. The van der Waals surface area contributed by atoms with Crippen LogP contribution in [-0.2, 0) is 0 Å². The first-order valence-corrected chi connectivity index (χ1v) is 7.14. The summed E-state index contributed by atoms with van der Waals surface area (Å²) in [6.07, 6.45) is 2.39. The minimum Gasteiger partial charge on any atom is -0.493 e. The molecule has 0 saturated heterocycles. The van der Waals surface area contributed by atoms with E-state index in [4.69, 9.17) is 4.74 Å². The number of rotatable bonds is 6. The zero-order valence-corrected chi connectivity index (χ0v) is 12.6. The van der Waals surface area contributed by atoms with Gasteiger partial charge in [0.05, 0.1) is 23.3 Å². The second-order valence-electron chi connectivity index (χ2n) is 4.60. The number of hydrogen-bond donors (Lipinski definition) is 1. The zero-order valence-electron chi connectivity index (χ0n) is 12.6. The van der Waals surface area contributed by atoms with Gasteiger partial charge in [0.2, 0.25) is 0 Å². The van der Waals surface area contributed by atoms with E-state index in [0.717, 1.165) is 5.56 Å². The number of benzene rings is 1. The summed E-state index contributed by atoms with van der Waals surface area (Å²) in [7, 11) is 0. The highest BCUT2D eigenvalue weighted by atomic mass is 16.6. The van der Waals surface area contributed by atoms with Gasteiger partial charge >= 0.3 is 0 Å². The molecule has 0 aromatic heterocycles. The van der Waals surface area contributed by atoms with E-state index in [1.165, 1.54) is 6.21 Å². The Bertz CT molecular complexity index is 650. The number of amidine groups is 1. The van der Waals surface area contributed by atoms with Crippen LogP contribution in [0.5, 0.6) is 5.75 Å². The van der Waals surface area contributed by atoms with Gasteiger partial charge in [-0.15, -0.1) is 0 Å². The number of aliphatic imine (C=N–C) groups is 1. The number of nitro groups is 1. The van der Waals surface area contributed by atoms with Gasteiger partial charge in [0.25, 0.3) is 5.70 Å². The molecule has 7 nitrogen and oxygen atoms in total. The molecule has 1 aliphatic rings. The largest absolute Gasteiger partial charge is 0.493 e. The van der Waals surface area contributed by atoms with Crippen molar-refractivity contribution in [3.8, 4) is 5.75 Å². The fraction of sp³-hybridized carbons (Fsp3) is 0.333. The van der Waals surface area contributed by atoms with Crippen molar-refractivity contribution in [2.24, 2.45) is 10.1 Å². The van der Waals surface area contributed by atoms with E-state index in [2.05, 4.69) is 15.5 Å². The fourth-order valence-electron chi connectivity index (χ4n) is 2.08. The van der Waals surface area contributed by atoms with Gasteiger partial charge in [-0.3, -0.25) is 15.5 Å². The summed E-state index contributed by atoms with van der Waals surface area (Å²) < 4.78 is 5.56. The molecule has 116 valence electrons. The Morgan fingerprint density at radius 1 is 1.36 bits per heavy atom. The Kier molecular flexibility index (Phi) is 5.24. The van der Waals surface area contributed by atoms with Crippen molar-refractivity contribution >= 4 is 12.1 Å². The lowest BCUT2D eigenvalue weighted by molar-refractivity contribution is -0.428. The SMILES string of the molecule is CCC/C(=C1\C=NNC(c2ccccc2OCC)=N1)[N+](=O)[O-]. The van der Waals surface area contributed by atoms with Crippen LogP contribution in [0.3, 0.4) is 0 Å². The molecule has 0 amide bonds. The monoisotopic (exact) mass is 302 g/mol. The molecule has 0 fully saturated rings. The van der Waals surface area contributed by atoms with Crippen LogP contribution in [0.2, 0.25) is 0 Å². The first-order chi connectivity index (χ1) is 10.7. The zero-order chi connectivity index (χ0) is 15.9. The molecule has 1 heterocycles. The second-order valence-corrected chi connectivity index (χ2v) is 4.60. The molecule has 1 aromatic rings. The molecule has 1 N–H and O–H groups in total. The molecule has 0 aliphatic carbocycles. The first-order valence-electron chi connectivity index (χ1n) is 7.14. The third-order valence-electron chi connectivity index (χ3n) is 3.03. The summed E-state index contributed by atoms with van der Waals surface area (Å²) in [4.78, 5) is 15.1. The lowest BCUT2D eigenvalue weighted by Gasteiger charge is -2.14. The molecular weight excluding hydrogens is 284 g/mol. The number of allylic oxidation sites excluding steroid dienone is 2. The predicted octanol–water partition coefficient (Wildman–Crippen LogP) is 2.71. The van der Waals surface area contributed by atoms with Crippen molar-refractivity contribution in [3.63, 3.8) is 0 Å². The summed E-state index contributed by atoms with van der Waals surface area (Å²) in [6, 6.07) is 7.37. The lowest BCUT2D eigenvalue weighted by atomic mass is 10.1. The summed E-state index contributed by atoms with van der Waals surface area (Å²) in [5.74, 6) is 1.10. The molecule has 0 atom stereocenters. The summed E-state index contributed by atoms with van der Waals surface area (Å²) >= 11 is 0. The minimum absolute atomic E-state index is 0.0686. The van der Waals surface area contributed by atoms with Gasteiger partial charge in [0.15, 0.2) is 11.5 Å². The molecule has 22 heavy (non-hydrogen) atoms. The maximum Gasteiger partial charge on any atom is 0.273 e. The van der Waals surface area contributed by atoms with Crippen LogP contribution in [0.15, 0.2) is 45.8 Å². The molecule has 0 saturated carbocycles. The summed E-state index contributed by atoms with van der Waals surface area (Å²) in [5.41, 5.74) is 3.84. The van der Waals surface area contributed by atoms with E-state index >= 15 is 0 Å². The topological polar surface area (TPSA) is 89.1 Å². The minimum atomic E-state index is -0.397. The van der Waals surface area contributed by atoms with Gasteiger partial charge in [0, 0.05) is 6.42 Å². The van der Waals surface area contributed by atoms with Gasteiger partial charge in [-0.1, -0.05) is 19.1 Å². The number of ether oxygens (including phenoxy) is 1. The first kappa shape index (κ1) is 15.7. The smallest absolute Gasteiger partial charge is 0.273 e. The van der Waals surface area contributed by atoms with Gasteiger partial charge < -0.3 is 4.74 Å². The Balaban J connectivity index is 2.45. The normalized spacial score (nSPS) is 15.8. The average molecular weight is 302 g/mol. The Labute approximate surface area is 128 Å². The van der Waals surface area contributed by atoms with E-state index in [-0.39, 0.29) is 11.4 Å². The summed E-state index contributed by atoms with van der Waals surface area (Å²) in [6.45, 7) is 4.30. The Morgan fingerprint density at radius 3 is 2.82 bits per heavy atom. The van der Waals surface area contributed by atoms with Crippen LogP contribution in [0.25, 0.3) is 0 Å². The predicted molar refractivity (Wildman–Crippen MR) is 84.7 cm³/mol. The second kappa shape index (κ2) is 7.35. The number of nitrogens with zero attached hydrogens (tertiary/aromatic N) is 3. The molecule has 0 radical (unpaired) electrons. The molecule has 2 rings (SSSR count). The maximum atomic E-state index is 11.2. The molecular formula is C15H18N4O3. The van der Waals surface area contributed by atoms with Gasteiger partial charge in [0.1, 0.15) is 5.75 Å². The van der Waals surface area contributed by atoms with Crippen molar-refractivity contribution in [2.45, 2.75) is 26.7 Å². The highest BCUT2D eigenvalue weighted by Gasteiger charge is 2.20. The maximum absolute atomic E-state index is 11.2. The molecule has 1 aliphatic heterocycles. The van der Waals surface area contributed by atoms with Gasteiger partial charge in [-0.2, -0.15) is 5.10 Å². The average Bonchev–Trinajstić information content (AvgIpc) is 2.53. The number of hydrazone groups is 1. The summed E-state index contributed by atoms with van der Waals surface area (Å²) in [5, 5.41) is 15.2. The number of para-hydroxylation sites is 1. The molecule has 7 heteroatoms. The molecule has 0 spiro atoms. The van der Waals surface area contributed by atoms with Crippen LogP contribution in [-0.4, -0.2) is 23.6 Å². The van der Waals surface area contributed by atoms with Crippen molar-refractivity contribution in [1.29, 1.82) is 0 Å². The van der Waals surface area contributed by atoms with E-state index in [1.54, 1.807) is 0 Å². The van der Waals surface area contributed by atoms with Crippen LogP contribution >= 0.6 is 0 Å². The van der Waals surface area contributed by atoms with Crippen molar-refractivity contribution in [2.75, 3.05) is 6.61 Å². The number of hydrogen-bond acceptors (Lipinski definition) is 6. The molecule has 1 aromatic carbocycles. The van der Waals surface area contributed by atoms with Crippen molar-refractivity contribution in [3.05, 3.63) is 51.3 Å². The fourth-order valence-corrected chi connectivity index (χ4v) is 2.08. The van der Waals surface area contributed by atoms with Crippen LogP contribution in [0, 0.1) is 10.1 Å². The Morgan fingerprint density at radius 2 is 2.14 bits per heavy atom. The number of nitrogens with one attached hydrogen (secondary N) is 1. The molecule has 0 unspecified atom stereocenters. The van der Waals surface area contributed by atoms with Crippen LogP contribution in [0.4, 0.5) is 0 Å². The highest BCUT2D eigenvalue weighted by molar-refractivity contribution is 6.05. The van der Waals surface area contributed by atoms with Crippen molar-refractivity contribution < 1.29 is 9.66 Å². The lowest BCUT2D eigenvalue weighted by Crippen LogP contribution is -2.24. The van der Waals surface area contributed by atoms with Crippen molar-refractivity contribution in [1.82, 2.24) is 5.43 Å². The molecule has 0 bridgehead atoms. The van der Waals surface area contributed by atoms with E-state index in [9.17, 15) is 10.1 Å².